The molecule has 13 heavy (non-hydrogen) atoms. The number of thiophene rings is 1. The van der Waals surface area contributed by atoms with Crippen LogP contribution in [-0.2, 0) is 6.61 Å². The molecule has 0 saturated heterocycles. The van der Waals surface area contributed by atoms with Gasteiger partial charge >= 0.3 is 0 Å². The summed E-state index contributed by atoms with van der Waals surface area (Å²) >= 11 is 3.40. The van der Waals surface area contributed by atoms with E-state index in [2.05, 4.69) is 22.6 Å². The van der Waals surface area contributed by atoms with Gasteiger partial charge in [0.15, 0.2) is 0 Å². The fraction of sp³-hybridized carbons (Fsp3) is 0.111. The molecule has 68 valence electrons. The molecule has 0 bridgehead atoms. The van der Waals surface area contributed by atoms with E-state index in [1.54, 1.807) is 5.38 Å². The Bertz CT molecular complexity index is 452. The van der Waals surface area contributed by atoms with Crippen LogP contribution >= 0.6 is 33.9 Å². The molecule has 0 fully saturated rings. The lowest BCUT2D eigenvalue weighted by Crippen LogP contribution is -1.82. The maximum atomic E-state index is 13.3. The Balaban J connectivity index is 2.82. The molecule has 2 aromatic rings. The third kappa shape index (κ3) is 1.58. The number of fused-ring (bicyclic) bond motifs is 1. The number of benzene rings is 1. The minimum Gasteiger partial charge on any atom is -0.392 e. The standard InChI is InChI=1S/C9H6FIOS/c10-8-2-6(11)1-7-5(3-12)4-13-9(7)8/h1-2,4,12H,3H2. The second kappa shape index (κ2) is 3.51. The van der Waals surface area contributed by atoms with Gasteiger partial charge in [-0.15, -0.1) is 11.3 Å². The number of hydrogen-bond acceptors (Lipinski definition) is 2. The van der Waals surface area contributed by atoms with Gasteiger partial charge in [-0.05, 0) is 45.7 Å². The molecular formula is C9H6FIOS. The summed E-state index contributed by atoms with van der Waals surface area (Å²) in [6, 6.07) is 3.39. The molecule has 1 heterocycles. The van der Waals surface area contributed by atoms with Crippen LogP contribution in [0.4, 0.5) is 4.39 Å². The summed E-state index contributed by atoms with van der Waals surface area (Å²) in [4.78, 5) is 0. The zero-order chi connectivity index (χ0) is 9.42. The van der Waals surface area contributed by atoms with Crippen molar-refractivity contribution in [3.8, 4) is 0 Å². The zero-order valence-electron chi connectivity index (χ0n) is 6.55. The minimum absolute atomic E-state index is 0.0282. The second-order valence-electron chi connectivity index (χ2n) is 2.68. The Kier molecular flexibility index (Phi) is 2.53. The second-order valence-corrected chi connectivity index (χ2v) is 4.81. The highest BCUT2D eigenvalue weighted by molar-refractivity contribution is 14.1. The van der Waals surface area contributed by atoms with Crippen molar-refractivity contribution < 1.29 is 9.50 Å². The quantitative estimate of drug-likeness (QED) is 0.803. The van der Waals surface area contributed by atoms with Crippen molar-refractivity contribution in [2.45, 2.75) is 6.61 Å². The largest absolute Gasteiger partial charge is 0.392 e. The molecule has 0 radical (unpaired) electrons. The van der Waals surface area contributed by atoms with Crippen molar-refractivity contribution in [2.75, 3.05) is 0 Å². The van der Waals surface area contributed by atoms with Crippen LogP contribution in [0.15, 0.2) is 17.5 Å². The van der Waals surface area contributed by atoms with Gasteiger partial charge in [-0.3, -0.25) is 0 Å². The first kappa shape index (κ1) is 9.36. The first-order valence-electron chi connectivity index (χ1n) is 3.68. The zero-order valence-corrected chi connectivity index (χ0v) is 9.52. The van der Waals surface area contributed by atoms with E-state index in [1.807, 2.05) is 6.07 Å². The van der Waals surface area contributed by atoms with Crippen molar-refractivity contribution in [1.82, 2.24) is 0 Å². The normalized spacial score (nSPS) is 11.0. The summed E-state index contributed by atoms with van der Waals surface area (Å²) in [7, 11) is 0. The fourth-order valence-corrected chi connectivity index (χ4v) is 2.77. The Labute approximate surface area is 92.3 Å². The Morgan fingerprint density at radius 2 is 2.23 bits per heavy atom. The van der Waals surface area contributed by atoms with Gasteiger partial charge < -0.3 is 5.11 Å². The molecule has 0 aliphatic heterocycles. The molecule has 0 aliphatic rings. The van der Waals surface area contributed by atoms with Gasteiger partial charge in [0.2, 0.25) is 0 Å². The van der Waals surface area contributed by atoms with Gasteiger partial charge in [0, 0.05) is 8.96 Å². The van der Waals surface area contributed by atoms with Crippen LogP contribution < -0.4 is 0 Å². The first-order valence-corrected chi connectivity index (χ1v) is 5.64. The Hall–Kier alpha value is -0.200. The van der Waals surface area contributed by atoms with Gasteiger partial charge in [-0.25, -0.2) is 4.39 Å². The number of rotatable bonds is 1. The molecule has 0 unspecified atom stereocenters. The van der Waals surface area contributed by atoms with Crippen molar-refractivity contribution in [3.05, 3.63) is 32.5 Å². The van der Waals surface area contributed by atoms with Crippen LogP contribution in [0, 0.1) is 9.39 Å². The van der Waals surface area contributed by atoms with Crippen LogP contribution in [0.5, 0.6) is 0 Å². The van der Waals surface area contributed by atoms with E-state index in [-0.39, 0.29) is 12.4 Å². The molecule has 1 nitrogen and oxygen atoms in total. The lowest BCUT2D eigenvalue weighted by molar-refractivity contribution is 0.284. The van der Waals surface area contributed by atoms with Gasteiger partial charge in [-0.1, -0.05) is 0 Å². The lowest BCUT2D eigenvalue weighted by atomic mass is 10.2. The summed E-state index contributed by atoms with van der Waals surface area (Å²) in [5, 5.41) is 11.6. The van der Waals surface area contributed by atoms with Crippen molar-refractivity contribution >= 4 is 44.0 Å². The molecule has 0 atom stereocenters. The molecule has 1 aromatic carbocycles. The van der Waals surface area contributed by atoms with Gasteiger partial charge in [0.05, 0.1) is 11.3 Å². The number of halogens is 2. The van der Waals surface area contributed by atoms with Gasteiger partial charge in [-0.2, -0.15) is 0 Å². The van der Waals surface area contributed by atoms with E-state index in [0.717, 1.165) is 14.5 Å². The van der Waals surface area contributed by atoms with Crippen molar-refractivity contribution in [1.29, 1.82) is 0 Å². The molecule has 1 aromatic heterocycles. The third-order valence-electron chi connectivity index (χ3n) is 1.84. The van der Waals surface area contributed by atoms with E-state index in [9.17, 15) is 4.39 Å². The predicted octanol–water partition coefficient (Wildman–Crippen LogP) is 3.14. The van der Waals surface area contributed by atoms with Crippen molar-refractivity contribution in [2.24, 2.45) is 0 Å². The lowest BCUT2D eigenvalue weighted by Gasteiger charge is -1.96. The summed E-state index contributed by atoms with van der Waals surface area (Å²) in [6.07, 6.45) is 0. The summed E-state index contributed by atoms with van der Waals surface area (Å²) in [5.41, 5.74) is 0.803. The summed E-state index contributed by atoms with van der Waals surface area (Å²) < 4.78 is 14.8. The van der Waals surface area contributed by atoms with Crippen LogP contribution in [0.2, 0.25) is 0 Å². The molecule has 0 aliphatic carbocycles. The number of aliphatic hydroxyl groups is 1. The van der Waals surface area contributed by atoms with E-state index >= 15 is 0 Å². The molecule has 1 N–H and O–H groups in total. The van der Waals surface area contributed by atoms with Crippen LogP contribution in [-0.4, -0.2) is 5.11 Å². The maximum absolute atomic E-state index is 13.3. The smallest absolute Gasteiger partial charge is 0.142 e. The van der Waals surface area contributed by atoms with E-state index in [0.29, 0.717) is 4.70 Å². The molecule has 0 saturated carbocycles. The molecular weight excluding hydrogens is 302 g/mol. The van der Waals surface area contributed by atoms with E-state index < -0.39 is 0 Å². The molecule has 0 amide bonds. The average Bonchev–Trinajstić information content (AvgIpc) is 2.47. The highest BCUT2D eigenvalue weighted by Gasteiger charge is 2.08. The Morgan fingerprint density at radius 3 is 2.92 bits per heavy atom. The third-order valence-corrected chi connectivity index (χ3v) is 3.52. The van der Waals surface area contributed by atoms with Crippen LogP contribution in [0.25, 0.3) is 10.1 Å². The van der Waals surface area contributed by atoms with Crippen LogP contribution in [0.1, 0.15) is 5.56 Å². The van der Waals surface area contributed by atoms with E-state index in [1.165, 1.54) is 17.4 Å². The fourth-order valence-electron chi connectivity index (χ4n) is 1.23. The first-order chi connectivity index (χ1) is 6.22. The number of aliphatic hydroxyl groups excluding tert-OH is 1. The summed E-state index contributed by atoms with van der Waals surface area (Å²) in [6.45, 7) is -0.0282. The highest BCUT2D eigenvalue weighted by atomic mass is 127. The number of hydrogen-bond donors (Lipinski definition) is 1. The topological polar surface area (TPSA) is 20.2 Å². The minimum atomic E-state index is -0.202. The predicted molar refractivity (Wildman–Crippen MR) is 60.4 cm³/mol. The van der Waals surface area contributed by atoms with Crippen molar-refractivity contribution in [3.63, 3.8) is 0 Å². The molecule has 2 rings (SSSR count). The van der Waals surface area contributed by atoms with E-state index in [4.69, 9.17) is 5.11 Å². The molecule has 4 heteroatoms. The average molecular weight is 308 g/mol. The highest BCUT2D eigenvalue weighted by Crippen LogP contribution is 2.30. The SMILES string of the molecule is OCc1csc2c(F)cc(I)cc12. The van der Waals surface area contributed by atoms with Gasteiger partial charge in [0.25, 0.3) is 0 Å². The maximum Gasteiger partial charge on any atom is 0.142 e. The summed E-state index contributed by atoms with van der Waals surface area (Å²) in [5.74, 6) is -0.202. The van der Waals surface area contributed by atoms with Gasteiger partial charge in [0.1, 0.15) is 5.82 Å². The Morgan fingerprint density at radius 1 is 1.46 bits per heavy atom. The monoisotopic (exact) mass is 308 g/mol. The molecule has 0 spiro atoms. The van der Waals surface area contributed by atoms with Crippen LogP contribution in [0.3, 0.4) is 0 Å².